The van der Waals surface area contributed by atoms with Crippen molar-refractivity contribution in [1.82, 2.24) is 10.2 Å². The lowest BCUT2D eigenvalue weighted by Gasteiger charge is -2.10. The molecule has 0 bridgehead atoms. The molecule has 1 aromatic carbocycles. The van der Waals surface area contributed by atoms with E-state index in [4.69, 9.17) is 16.3 Å². The quantitative estimate of drug-likeness (QED) is 0.744. The lowest BCUT2D eigenvalue weighted by Crippen LogP contribution is -2.28. The summed E-state index contributed by atoms with van der Waals surface area (Å²) in [4.78, 5) is 13.6. The summed E-state index contributed by atoms with van der Waals surface area (Å²) in [5.41, 5.74) is 0. The number of carbonyl (C=O) groups is 1. The van der Waals surface area contributed by atoms with E-state index >= 15 is 0 Å². The van der Waals surface area contributed by atoms with Gasteiger partial charge in [-0.1, -0.05) is 23.7 Å². The Kier molecular flexibility index (Phi) is 7.30. The van der Waals surface area contributed by atoms with Gasteiger partial charge >= 0.3 is 0 Å². The largest absolute Gasteiger partial charge is 0.491 e. The maximum atomic E-state index is 11.5. The van der Waals surface area contributed by atoms with Gasteiger partial charge in [0, 0.05) is 6.54 Å². The minimum absolute atomic E-state index is 0.00538. The molecule has 0 unspecified atom stereocenters. The predicted octanol–water partition coefficient (Wildman–Crippen LogP) is 2.18. The second-order valence-electron chi connectivity index (χ2n) is 4.54. The van der Waals surface area contributed by atoms with Crippen molar-refractivity contribution < 1.29 is 9.53 Å². The molecule has 0 atom stereocenters. The van der Waals surface area contributed by atoms with E-state index in [1.54, 1.807) is 12.1 Å². The Morgan fingerprint density at radius 2 is 2.11 bits per heavy atom. The first-order chi connectivity index (χ1) is 9.09. The first-order valence-corrected chi connectivity index (χ1v) is 6.76. The predicted molar refractivity (Wildman–Crippen MR) is 77.7 cm³/mol. The Morgan fingerprint density at radius 1 is 1.37 bits per heavy atom. The summed E-state index contributed by atoms with van der Waals surface area (Å²) in [6.45, 7) is 2.00. The third kappa shape index (κ3) is 7.03. The first-order valence-electron chi connectivity index (χ1n) is 6.38. The molecular weight excluding hydrogens is 264 g/mol. The van der Waals surface area contributed by atoms with Gasteiger partial charge in [-0.05, 0) is 39.2 Å². The van der Waals surface area contributed by atoms with E-state index in [-0.39, 0.29) is 5.91 Å². The molecule has 0 aliphatic rings. The standard InChI is InChI=1S/C14H21ClN2O2/c1-17(2)10-5-9-16-14(18)8-11-19-13-7-4-3-6-12(13)15/h3-4,6-7H,5,8-11H2,1-2H3,(H,16,18). The SMILES string of the molecule is CN(C)CCCNC(=O)CCOc1ccccc1Cl. The number of rotatable bonds is 8. The lowest BCUT2D eigenvalue weighted by atomic mass is 10.3. The molecule has 1 aromatic rings. The lowest BCUT2D eigenvalue weighted by molar-refractivity contribution is -0.121. The molecule has 1 rings (SSSR count). The maximum Gasteiger partial charge on any atom is 0.223 e. The Hall–Kier alpha value is -1.26. The fourth-order valence-corrected chi connectivity index (χ4v) is 1.72. The van der Waals surface area contributed by atoms with Crippen molar-refractivity contribution in [2.24, 2.45) is 0 Å². The second kappa shape index (κ2) is 8.77. The van der Waals surface area contributed by atoms with Gasteiger partial charge in [0.15, 0.2) is 0 Å². The fraction of sp³-hybridized carbons (Fsp3) is 0.500. The third-order valence-electron chi connectivity index (χ3n) is 2.53. The van der Waals surface area contributed by atoms with E-state index in [1.165, 1.54) is 0 Å². The van der Waals surface area contributed by atoms with Gasteiger partial charge in [-0.15, -0.1) is 0 Å². The molecular formula is C14H21ClN2O2. The van der Waals surface area contributed by atoms with Crippen molar-refractivity contribution in [2.45, 2.75) is 12.8 Å². The van der Waals surface area contributed by atoms with Crippen LogP contribution in [0.5, 0.6) is 5.75 Å². The summed E-state index contributed by atoms with van der Waals surface area (Å²) in [5, 5.41) is 3.42. The zero-order chi connectivity index (χ0) is 14.1. The van der Waals surface area contributed by atoms with Crippen LogP contribution in [0.1, 0.15) is 12.8 Å². The van der Waals surface area contributed by atoms with Gasteiger partial charge in [-0.25, -0.2) is 0 Å². The molecule has 0 aromatic heterocycles. The number of hydrogen-bond donors (Lipinski definition) is 1. The van der Waals surface area contributed by atoms with Crippen molar-refractivity contribution in [3.63, 3.8) is 0 Å². The van der Waals surface area contributed by atoms with E-state index in [0.29, 0.717) is 30.3 Å². The Morgan fingerprint density at radius 3 is 2.79 bits per heavy atom. The molecule has 5 heteroatoms. The highest BCUT2D eigenvalue weighted by atomic mass is 35.5. The number of carbonyl (C=O) groups excluding carboxylic acids is 1. The molecule has 0 heterocycles. The van der Waals surface area contributed by atoms with Gasteiger partial charge in [0.25, 0.3) is 0 Å². The molecule has 4 nitrogen and oxygen atoms in total. The summed E-state index contributed by atoms with van der Waals surface area (Å²) in [6, 6.07) is 7.24. The van der Waals surface area contributed by atoms with E-state index in [0.717, 1.165) is 13.0 Å². The molecule has 0 saturated heterocycles. The van der Waals surface area contributed by atoms with Crippen LogP contribution in [0, 0.1) is 0 Å². The van der Waals surface area contributed by atoms with Crippen molar-refractivity contribution in [1.29, 1.82) is 0 Å². The van der Waals surface area contributed by atoms with Crippen LogP contribution in [-0.4, -0.2) is 44.6 Å². The van der Waals surface area contributed by atoms with E-state index in [9.17, 15) is 4.79 Å². The van der Waals surface area contributed by atoms with Crippen LogP contribution in [-0.2, 0) is 4.79 Å². The molecule has 0 radical (unpaired) electrons. The number of ether oxygens (including phenoxy) is 1. The average molecular weight is 285 g/mol. The number of nitrogens with zero attached hydrogens (tertiary/aromatic N) is 1. The van der Waals surface area contributed by atoms with Crippen LogP contribution in [0.15, 0.2) is 24.3 Å². The van der Waals surface area contributed by atoms with Crippen molar-refractivity contribution in [2.75, 3.05) is 33.8 Å². The third-order valence-corrected chi connectivity index (χ3v) is 2.84. The Labute approximate surface area is 119 Å². The molecule has 0 saturated carbocycles. The van der Waals surface area contributed by atoms with Crippen LogP contribution in [0.4, 0.5) is 0 Å². The van der Waals surface area contributed by atoms with Crippen LogP contribution in [0.25, 0.3) is 0 Å². The average Bonchev–Trinajstić information content (AvgIpc) is 2.37. The molecule has 106 valence electrons. The summed E-state index contributed by atoms with van der Waals surface area (Å²) < 4.78 is 5.45. The highest BCUT2D eigenvalue weighted by Crippen LogP contribution is 2.22. The smallest absolute Gasteiger partial charge is 0.223 e. The van der Waals surface area contributed by atoms with Gasteiger partial charge in [0.05, 0.1) is 18.1 Å². The molecule has 0 spiro atoms. The highest BCUT2D eigenvalue weighted by molar-refractivity contribution is 6.32. The van der Waals surface area contributed by atoms with E-state index in [1.807, 2.05) is 26.2 Å². The van der Waals surface area contributed by atoms with Crippen molar-refractivity contribution in [3.8, 4) is 5.75 Å². The monoisotopic (exact) mass is 284 g/mol. The van der Waals surface area contributed by atoms with Gasteiger partial charge in [0.2, 0.25) is 5.91 Å². The molecule has 0 fully saturated rings. The molecule has 1 amide bonds. The van der Waals surface area contributed by atoms with Crippen LogP contribution < -0.4 is 10.1 Å². The number of nitrogens with one attached hydrogen (secondary N) is 1. The summed E-state index contributed by atoms with van der Waals surface area (Å²) in [6.07, 6.45) is 1.29. The maximum absolute atomic E-state index is 11.5. The highest BCUT2D eigenvalue weighted by Gasteiger charge is 2.03. The summed E-state index contributed by atoms with van der Waals surface area (Å²) >= 11 is 5.94. The minimum Gasteiger partial charge on any atom is -0.491 e. The molecule has 0 aliphatic carbocycles. The normalized spacial score (nSPS) is 10.5. The van der Waals surface area contributed by atoms with Gasteiger partial charge in [0.1, 0.15) is 5.75 Å². The number of halogens is 1. The summed E-state index contributed by atoms with van der Waals surface area (Å²) in [5.74, 6) is 0.621. The molecule has 0 aliphatic heterocycles. The van der Waals surface area contributed by atoms with Crippen molar-refractivity contribution >= 4 is 17.5 Å². The Bertz CT molecular complexity index is 397. The molecule has 19 heavy (non-hydrogen) atoms. The summed E-state index contributed by atoms with van der Waals surface area (Å²) in [7, 11) is 4.03. The van der Waals surface area contributed by atoms with E-state index in [2.05, 4.69) is 10.2 Å². The van der Waals surface area contributed by atoms with Gasteiger partial charge in [-0.2, -0.15) is 0 Å². The number of hydrogen-bond acceptors (Lipinski definition) is 3. The van der Waals surface area contributed by atoms with E-state index < -0.39 is 0 Å². The van der Waals surface area contributed by atoms with Crippen molar-refractivity contribution in [3.05, 3.63) is 29.3 Å². The van der Waals surface area contributed by atoms with Gasteiger partial charge < -0.3 is 15.0 Å². The zero-order valence-electron chi connectivity index (χ0n) is 11.5. The topological polar surface area (TPSA) is 41.6 Å². The van der Waals surface area contributed by atoms with Crippen LogP contribution >= 0.6 is 11.6 Å². The number of amides is 1. The van der Waals surface area contributed by atoms with Crippen LogP contribution in [0.3, 0.4) is 0 Å². The fourth-order valence-electron chi connectivity index (χ4n) is 1.53. The molecule has 1 N–H and O–H groups in total. The van der Waals surface area contributed by atoms with Crippen LogP contribution in [0.2, 0.25) is 5.02 Å². The number of para-hydroxylation sites is 1. The van der Waals surface area contributed by atoms with Gasteiger partial charge in [-0.3, -0.25) is 4.79 Å². The Balaban J connectivity index is 2.12. The minimum atomic E-state index is 0.00538. The number of benzene rings is 1. The first kappa shape index (κ1) is 15.8. The zero-order valence-corrected chi connectivity index (χ0v) is 12.2. The second-order valence-corrected chi connectivity index (χ2v) is 4.94.